The number of rotatable bonds is 7. The van der Waals surface area contributed by atoms with Crippen LogP contribution in [0.3, 0.4) is 0 Å². The van der Waals surface area contributed by atoms with Crippen molar-refractivity contribution >= 4 is 28.4 Å². The first-order chi connectivity index (χ1) is 13.0. The third-order valence-corrected chi connectivity index (χ3v) is 4.47. The van der Waals surface area contributed by atoms with Crippen molar-refractivity contribution in [1.82, 2.24) is 24.8 Å². The van der Waals surface area contributed by atoms with Crippen molar-refractivity contribution in [3.63, 3.8) is 0 Å². The maximum atomic E-state index is 4.62. The van der Waals surface area contributed by atoms with Crippen molar-refractivity contribution in [2.45, 2.75) is 13.3 Å². The van der Waals surface area contributed by atoms with E-state index in [9.17, 15) is 0 Å². The van der Waals surface area contributed by atoms with E-state index in [4.69, 9.17) is 0 Å². The Morgan fingerprint density at radius 3 is 2.74 bits per heavy atom. The van der Waals surface area contributed by atoms with E-state index in [1.54, 1.807) is 6.20 Å². The number of imidazole rings is 1. The predicted octanol–water partition coefficient (Wildman–Crippen LogP) is 3.36. The molecular weight excluding hydrogens is 338 g/mol. The number of anilines is 3. The molecule has 0 bridgehead atoms. The number of aromatic nitrogens is 3. The summed E-state index contributed by atoms with van der Waals surface area (Å²) in [5.41, 5.74) is 8.25. The van der Waals surface area contributed by atoms with E-state index in [2.05, 4.69) is 55.3 Å². The predicted molar refractivity (Wildman–Crippen MR) is 112 cm³/mol. The molecule has 0 fully saturated rings. The lowest BCUT2D eigenvalue weighted by atomic mass is 10.1. The van der Waals surface area contributed by atoms with Crippen LogP contribution in [0.15, 0.2) is 49.1 Å². The molecule has 0 aliphatic rings. The summed E-state index contributed by atoms with van der Waals surface area (Å²) < 4.78 is 2.07. The van der Waals surface area contributed by atoms with Gasteiger partial charge in [-0.2, -0.15) is 0 Å². The van der Waals surface area contributed by atoms with Crippen molar-refractivity contribution in [1.29, 1.82) is 0 Å². The van der Waals surface area contributed by atoms with Crippen molar-refractivity contribution in [3.8, 4) is 0 Å². The van der Waals surface area contributed by atoms with Crippen molar-refractivity contribution < 1.29 is 0 Å². The number of nitrogens with one attached hydrogen (secondary N) is 2. The van der Waals surface area contributed by atoms with E-state index in [0.717, 1.165) is 35.0 Å². The minimum atomic E-state index is 0.733. The lowest BCUT2D eigenvalue weighted by molar-refractivity contribution is 0.366. The van der Waals surface area contributed by atoms with Crippen LogP contribution in [0.25, 0.3) is 11.2 Å². The number of fused-ring (bicyclic) bond motifs is 1. The quantitative estimate of drug-likeness (QED) is 0.626. The minimum Gasteiger partial charge on any atom is -0.378 e. The van der Waals surface area contributed by atoms with Crippen LogP contribution in [0.1, 0.15) is 19.0 Å². The maximum absolute atomic E-state index is 4.62. The molecule has 0 saturated carbocycles. The van der Waals surface area contributed by atoms with Crippen LogP contribution in [-0.4, -0.2) is 47.6 Å². The van der Waals surface area contributed by atoms with Crippen molar-refractivity contribution in [2.24, 2.45) is 0 Å². The van der Waals surface area contributed by atoms with Gasteiger partial charge in [-0.05, 0) is 30.2 Å². The molecule has 27 heavy (non-hydrogen) atoms. The lowest BCUT2D eigenvalue weighted by Crippen LogP contribution is -2.25. The van der Waals surface area contributed by atoms with Gasteiger partial charge in [0.1, 0.15) is 0 Å². The van der Waals surface area contributed by atoms with Gasteiger partial charge in [-0.15, -0.1) is 0 Å². The third kappa shape index (κ3) is 4.03. The molecule has 3 aromatic rings. The molecule has 2 N–H and O–H groups in total. The van der Waals surface area contributed by atoms with Gasteiger partial charge in [0, 0.05) is 58.2 Å². The minimum absolute atomic E-state index is 0.733. The average molecular weight is 365 g/mol. The lowest BCUT2D eigenvalue weighted by Gasteiger charge is -2.15. The van der Waals surface area contributed by atoms with Gasteiger partial charge in [-0.25, -0.2) is 15.4 Å². The summed E-state index contributed by atoms with van der Waals surface area (Å²) in [7, 11) is 7.93. The zero-order valence-corrected chi connectivity index (χ0v) is 16.6. The molecule has 0 amide bonds. The summed E-state index contributed by atoms with van der Waals surface area (Å²) in [5, 5.41) is 5.34. The molecule has 0 atom stereocenters. The molecule has 0 radical (unpaired) electrons. The van der Waals surface area contributed by atoms with E-state index >= 15 is 0 Å². The number of hydrogen-bond acceptors (Lipinski definition) is 6. The molecular formula is C20H27N7. The fourth-order valence-electron chi connectivity index (χ4n) is 2.88. The number of benzene rings is 1. The molecule has 0 spiro atoms. The highest BCUT2D eigenvalue weighted by Gasteiger charge is 2.12. The Morgan fingerprint density at radius 2 is 2.04 bits per heavy atom. The monoisotopic (exact) mass is 365 g/mol. The first kappa shape index (κ1) is 18.7. The first-order valence-corrected chi connectivity index (χ1v) is 9.01. The standard InChI is InChI=1S/C20H27N7/c1-6-15(14-26(5)21-2)18-13-23-20-19(22-10-11-27(18)20)24-16-8-7-9-17(12-16)25(3)4/h7-14,21H,6H2,1-5H3,(H,22,24)/b15-14+. The van der Waals surface area contributed by atoms with Gasteiger partial charge in [0.2, 0.25) is 0 Å². The largest absolute Gasteiger partial charge is 0.378 e. The summed E-state index contributed by atoms with van der Waals surface area (Å²) >= 11 is 0. The van der Waals surface area contributed by atoms with Gasteiger partial charge in [0.05, 0.1) is 11.9 Å². The number of hydrogen-bond donors (Lipinski definition) is 2. The summed E-state index contributed by atoms with van der Waals surface area (Å²) in [6, 6.07) is 8.22. The average Bonchev–Trinajstić information content (AvgIpc) is 3.11. The van der Waals surface area contributed by atoms with Crippen LogP contribution in [0.2, 0.25) is 0 Å². The smallest absolute Gasteiger partial charge is 0.180 e. The van der Waals surface area contributed by atoms with E-state index in [-0.39, 0.29) is 0 Å². The highest BCUT2D eigenvalue weighted by atomic mass is 15.5. The van der Waals surface area contributed by atoms with Crippen LogP contribution in [0.4, 0.5) is 17.2 Å². The fourth-order valence-corrected chi connectivity index (χ4v) is 2.88. The van der Waals surface area contributed by atoms with Crippen molar-refractivity contribution in [3.05, 3.63) is 54.7 Å². The topological polar surface area (TPSA) is 60.7 Å². The SMILES string of the molecule is CC/C(=C\N(C)NC)c1cnc2c(Nc3cccc(N(C)C)c3)nccn12. The Balaban J connectivity index is 1.98. The fraction of sp³-hybridized carbons (Fsp3) is 0.300. The van der Waals surface area contributed by atoms with Crippen LogP contribution >= 0.6 is 0 Å². The molecule has 0 unspecified atom stereocenters. The number of nitrogens with zero attached hydrogens (tertiary/aromatic N) is 5. The van der Waals surface area contributed by atoms with E-state index < -0.39 is 0 Å². The Hall–Kier alpha value is -3.06. The normalized spacial score (nSPS) is 11.7. The molecule has 142 valence electrons. The zero-order valence-electron chi connectivity index (χ0n) is 16.6. The summed E-state index contributed by atoms with van der Waals surface area (Å²) in [5.74, 6) is 0.733. The van der Waals surface area contributed by atoms with E-state index in [1.807, 2.05) is 57.7 Å². The van der Waals surface area contributed by atoms with Gasteiger partial charge in [-0.3, -0.25) is 4.40 Å². The van der Waals surface area contributed by atoms with E-state index in [1.165, 1.54) is 5.57 Å². The second-order valence-electron chi connectivity index (χ2n) is 6.53. The molecule has 0 aliphatic heterocycles. The highest BCUT2D eigenvalue weighted by Crippen LogP contribution is 2.25. The van der Waals surface area contributed by atoms with Crippen LogP contribution in [0, 0.1) is 0 Å². The van der Waals surface area contributed by atoms with Gasteiger partial charge in [0.15, 0.2) is 11.5 Å². The second kappa shape index (κ2) is 8.09. The number of allylic oxidation sites excluding steroid dienone is 1. The molecule has 0 aliphatic carbocycles. The molecule has 0 saturated heterocycles. The summed E-state index contributed by atoms with van der Waals surface area (Å²) in [6.45, 7) is 2.14. The van der Waals surface area contributed by atoms with Gasteiger partial charge in [0.25, 0.3) is 0 Å². The summed E-state index contributed by atoms with van der Waals surface area (Å²) in [6.07, 6.45) is 8.62. The zero-order chi connectivity index (χ0) is 19.4. The molecule has 7 nitrogen and oxygen atoms in total. The summed E-state index contributed by atoms with van der Waals surface area (Å²) in [4.78, 5) is 11.2. The van der Waals surface area contributed by atoms with Gasteiger partial charge >= 0.3 is 0 Å². The Kier molecular flexibility index (Phi) is 5.61. The molecule has 7 heteroatoms. The highest BCUT2D eigenvalue weighted by molar-refractivity contribution is 5.74. The first-order valence-electron chi connectivity index (χ1n) is 9.01. The third-order valence-electron chi connectivity index (χ3n) is 4.47. The van der Waals surface area contributed by atoms with E-state index in [0.29, 0.717) is 0 Å². The molecule has 2 heterocycles. The van der Waals surface area contributed by atoms with Crippen LogP contribution in [-0.2, 0) is 0 Å². The molecule has 2 aromatic heterocycles. The molecule has 3 rings (SSSR count). The Bertz CT molecular complexity index is 942. The van der Waals surface area contributed by atoms with Crippen LogP contribution in [0.5, 0.6) is 0 Å². The van der Waals surface area contributed by atoms with Gasteiger partial charge in [-0.1, -0.05) is 13.0 Å². The Labute approximate surface area is 160 Å². The maximum Gasteiger partial charge on any atom is 0.180 e. The van der Waals surface area contributed by atoms with Crippen molar-refractivity contribution in [2.75, 3.05) is 38.4 Å². The molecule has 1 aromatic carbocycles. The number of hydrazine groups is 1. The van der Waals surface area contributed by atoms with Crippen LogP contribution < -0.4 is 15.6 Å². The Morgan fingerprint density at radius 1 is 1.22 bits per heavy atom. The second-order valence-corrected chi connectivity index (χ2v) is 6.53. The van der Waals surface area contributed by atoms with Gasteiger partial charge < -0.3 is 15.2 Å².